The summed E-state index contributed by atoms with van der Waals surface area (Å²) in [6, 6.07) is 15.8. The molecule has 3 aromatic heterocycles. The van der Waals surface area contributed by atoms with Crippen LogP contribution in [0.3, 0.4) is 0 Å². The van der Waals surface area contributed by atoms with Gasteiger partial charge in [0.15, 0.2) is 5.82 Å². The Kier molecular flexibility index (Phi) is 5.46. The fraction of sp³-hybridized carbons (Fsp3) is 0.185. The number of fused-ring (bicyclic) bond motifs is 1. The van der Waals surface area contributed by atoms with E-state index in [-0.39, 0.29) is 5.92 Å². The average Bonchev–Trinajstić information content (AvgIpc) is 3.64. The first-order chi connectivity index (χ1) is 17.5. The van der Waals surface area contributed by atoms with Gasteiger partial charge in [0, 0.05) is 64.3 Å². The maximum absolute atomic E-state index is 12.0. The highest BCUT2D eigenvalue weighted by Gasteiger charge is 2.28. The molecule has 1 atom stereocenters. The van der Waals surface area contributed by atoms with Crippen LogP contribution in [0.25, 0.3) is 33.3 Å². The number of hydrogen-bond donors (Lipinski definition) is 3. The molecule has 0 radical (unpaired) electrons. The van der Waals surface area contributed by atoms with Crippen LogP contribution in [0, 0.1) is 0 Å². The number of carboxylic acid groups (broad SMARTS) is 1. The Hall–Kier alpha value is -4.50. The lowest BCUT2D eigenvalue weighted by molar-refractivity contribution is 0.195. The van der Waals surface area contributed by atoms with Gasteiger partial charge in [-0.05, 0) is 49.8 Å². The molecule has 180 valence electrons. The Morgan fingerprint density at radius 2 is 1.94 bits per heavy atom. The Labute approximate surface area is 207 Å². The first-order valence-corrected chi connectivity index (χ1v) is 11.8. The van der Waals surface area contributed by atoms with Crippen molar-refractivity contribution in [2.24, 2.45) is 0 Å². The average molecular weight is 480 g/mol. The molecule has 9 nitrogen and oxygen atoms in total. The van der Waals surface area contributed by atoms with Gasteiger partial charge in [0.25, 0.3) is 0 Å². The number of H-pyrrole nitrogens is 1. The van der Waals surface area contributed by atoms with Crippen molar-refractivity contribution >= 4 is 28.4 Å². The number of aromatic nitrogens is 5. The second-order valence-corrected chi connectivity index (χ2v) is 9.17. The third-order valence-corrected chi connectivity index (χ3v) is 6.74. The van der Waals surface area contributed by atoms with Gasteiger partial charge in [0.1, 0.15) is 5.82 Å². The van der Waals surface area contributed by atoms with Crippen LogP contribution in [-0.2, 0) is 0 Å². The van der Waals surface area contributed by atoms with Crippen LogP contribution in [0.5, 0.6) is 0 Å². The highest BCUT2D eigenvalue weighted by atomic mass is 16.4. The van der Waals surface area contributed by atoms with E-state index in [1.54, 1.807) is 18.6 Å². The van der Waals surface area contributed by atoms with Crippen LogP contribution in [-0.4, -0.2) is 61.0 Å². The Morgan fingerprint density at radius 3 is 2.67 bits per heavy atom. The lowest BCUT2D eigenvalue weighted by atomic mass is 9.99. The summed E-state index contributed by atoms with van der Waals surface area (Å²) in [5, 5.41) is 21.8. The molecule has 1 fully saturated rings. The van der Waals surface area contributed by atoms with Gasteiger partial charge >= 0.3 is 6.09 Å². The van der Waals surface area contributed by atoms with Crippen LogP contribution in [0.1, 0.15) is 18.0 Å². The zero-order valence-corrected chi connectivity index (χ0v) is 19.7. The molecule has 0 saturated carbocycles. The fourth-order valence-corrected chi connectivity index (χ4v) is 4.98. The van der Waals surface area contributed by atoms with Crippen molar-refractivity contribution < 1.29 is 9.90 Å². The maximum atomic E-state index is 12.0. The lowest BCUT2D eigenvalue weighted by Crippen LogP contribution is -2.17. The van der Waals surface area contributed by atoms with Crippen molar-refractivity contribution in [3.63, 3.8) is 0 Å². The quantitative estimate of drug-likeness (QED) is 0.318. The molecular formula is C27H25N7O2. The molecule has 6 rings (SSSR count). The summed E-state index contributed by atoms with van der Waals surface area (Å²) in [5.41, 5.74) is 4.71. The van der Waals surface area contributed by atoms with Crippen molar-refractivity contribution in [1.29, 1.82) is 0 Å². The molecular weight excluding hydrogens is 454 g/mol. The molecule has 3 N–H and O–H groups in total. The molecule has 1 aliphatic heterocycles. The van der Waals surface area contributed by atoms with Crippen molar-refractivity contribution in [1.82, 2.24) is 29.6 Å². The van der Waals surface area contributed by atoms with E-state index in [9.17, 15) is 9.90 Å². The molecule has 0 amide bonds. The number of aromatic amines is 1. The summed E-state index contributed by atoms with van der Waals surface area (Å²) in [6.07, 6.45) is 7.06. The molecule has 36 heavy (non-hydrogen) atoms. The standard InChI is InChI=1S/C27H25N7O2/c1-33-11-9-19(15-33)25-23-7-4-18(12-20(23)16-34(25)27(35)36)26-28-10-8-24(32-26)31-22-5-2-17(3-6-22)21-13-29-30-14-21/h2-8,10,12-14,16,19H,9,11,15H2,1H3,(H,29,30)(H,35,36)(H,28,31,32). The topological polar surface area (TPSA) is 112 Å². The molecule has 4 heterocycles. The number of hydrogen-bond acceptors (Lipinski definition) is 6. The molecule has 0 bridgehead atoms. The zero-order valence-electron chi connectivity index (χ0n) is 19.7. The van der Waals surface area contributed by atoms with Crippen LogP contribution in [0.2, 0.25) is 0 Å². The van der Waals surface area contributed by atoms with Gasteiger partial charge in [-0.2, -0.15) is 5.10 Å². The summed E-state index contributed by atoms with van der Waals surface area (Å²) in [4.78, 5) is 23.4. The number of nitrogens with one attached hydrogen (secondary N) is 2. The normalized spacial score (nSPS) is 16.0. The summed E-state index contributed by atoms with van der Waals surface area (Å²) in [6.45, 7) is 1.82. The van der Waals surface area contributed by atoms with E-state index >= 15 is 0 Å². The molecule has 1 unspecified atom stereocenters. The fourth-order valence-electron chi connectivity index (χ4n) is 4.98. The summed E-state index contributed by atoms with van der Waals surface area (Å²) in [5.74, 6) is 1.44. The maximum Gasteiger partial charge on any atom is 0.415 e. The number of likely N-dealkylation sites (N-methyl/N-ethyl adjacent to an activating group) is 1. The van der Waals surface area contributed by atoms with Crippen molar-refractivity contribution in [2.45, 2.75) is 12.3 Å². The minimum Gasteiger partial charge on any atom is -0.464 e. The third kappa shape index (κ3) is 4.09. The first kappa shape index (κ1) is 22.0. The molecule has 1 aliphatic rings. The van der Waals surface area contributed by atoms with E-state index in [1.165, 1.54) is 4.57 Å². The van der Waals surface area contributed by atoms with E-state index in [0.29, 0.717) is 11.6 Å². The predicted molar refractivity (Wildman–Crippen MR) is 139 cm³/mol. The zero-order chi connectivity index (χ0) is 24.6. The Morgan fingerprint density at radius 1 is 1.11 bits per heavy atom. The smallest absolute Gasteiger partial charge is 0.415 e. The van der Waals surface area contributed by atoms with Crippen LogP contribution in [0.4, 0.5) is 16.3 Å². The van der Waals surface area contributed by atoms with Crippen molar-refractivity contribution in [3.05, 3.63) is 79.0 Å². The molecule has 2 aromatic carbocycles. The van der Waals surface area contributed by atoms with Crippen LogP contribution in [0.15, 0.2) is 73.3 Å². The van der Waals surface area contributed by atoms with E-state index in [0.717, 1.165) is 58.4 Å². The number of nitrogens with zero attached hydrogens (tertiary/aromatic N) is 5. The number of rotatable bonds is 5. The Balaban J connectivity index is 1.29. The molecule has 5 aromatic rings. The Bertz CT molecular complexity index is 1540. The van der Waals surface area contributed by atoms with E-state index in [4.69, 9.17) is 4.98 Å². The van der Waals surface area contributed by atoms with Crippen molar-refractivity contribution in [2.75, 3.05) is 25.5 Å². The van der Waals surface area contributed by atoms with E-state index in [1.807, 2.05) is 54.7 Å². The highest BCUT2D eigenvalue weighted by molar-refractivity contribution is 5.93. The minimum atomic E-state index is -0.960. The second kappa shape index (κ2) is 8.94. The highest BCUT2D eigenvalue weighted by Crippen LogP contribution is 2.35. The number of carbonyl (C=O) groups is 1. The molecule has 9 heteroatoms. The monoisotopic (exact) mass is 479 g/mol. The van der Waals surface area contributed by atoms with Gasteiger partial charge < -0.3 is 15.3 Å². The first-order valence-electron chi connectivity index (χ1n) is 11.8. The van der Waals surface area contributed by atoms with Crippen molar-refractivity contribution in [3.8, 4) is 22.5 Å². The third-order valence-electron chi connectivity index (χ3n) is 6.74. The largest absolute Gasteiger partial charge is 0.464 e. The van der Waals surface area contributed by atoms with Gasteiger partial charge in [-0.25, -0.2) is 14.8 Å². The summed E-state index contributed by atoms with van der Waals surface area (Å²) in [7, 11) is 2.07. The molecule has 1 saturated heterocycles. The molecule has 0 aliphatic carbocycles. The second-order valence-electron chi connectivity index (χ2n) is 9.17. The summed E-state index contributed by atoms with van der Waals surface area (Å²) >= 11 is 0. The minimum absolute atomic E-state index is 0.193. The lowest BCUT2D eigenvalue weighted by Gasteiger charge is -2.13. The van der Waals surface area contributed by atoms with Crippen LogP contribution < -0.4 is 5.32 Å². The van der Waals surface area contributed by atoms with Gasteiger partial charge in [-0.3, -0.25) is 9.67 Å². The van der Waals surface area contributed by atoms with Crippen LogP contribution >= 0.6 is 0 Å². The number of anilines is 2. The van der Waals surface area contributed by atoms with E-state index < -0.39 is 6.09 Å². The van der Waals surface area contributed by atoms with E-state index in [2.05, 4.69) is 32.4 Å². The molecule has 0 spiro atoms. The van der Waals surface area contributed by atoms with Gasteiger partial charge in [-0.1, -0.05) is 24.3 Å². The van der Waals surface area contributed by atoms with Gasteiger partial charge in [0.05, 0.1) is 6.20 Å². The van der Waals surface area contributed by atoms with Gasteiger partial charge in [0.2, 0.25) is 0 Å². The number of benzene rings is 2. The SMILES string of the molecule is CN1CCC(c2c3ccc(-c4nccc(Nc5ccc(-c6cn[nH]c6)cc5)n4)cc3cn2C(=O)O)C1. The summed E-state index contributed by atoms with van der Waals surface area (Å²) < 4.78 is 1.38. The van der Waals surface area contributed by atoms with Gasteiger partial charge in [-0.15, -0.1) is 0 Å². The number of likely N-dealkylation sites (tertiary alicyclic amines) is 1. The predicted octanol–water partition coefficient (Wildman–Crippen LogP) is 5.18.